The number of benzene rings is 1. The zero-order valence-corrected chi connectivity index (χ0v) is 16.5. The number of fused-ring (bicyclic) bond motifs is 1. The SMILES string of the molecule is COc1nc(Cl)ncc1-c1cc(F)ccc1C1CC(=O)c2c(C)nc(N)nc2C1. The maximum absolute atomic E-state index is 14.1. The number of halogens is 2. The molecule has 9 heteroatoms. The van der Waals surface area contributed by atoms with Gasteiger partial charge < -0.3 is 10.5 Å². The summed E-state index contributed by atoms with van der Waals surface area (Å²) in [7, 11) is 1.45. The molecule has 0 radical (unpaired) electrons. The third kappa shape index (κ3) is 3.51. The van der Waals surface area contributed by atoms with Gasteiger partial charge in [-0.1, -0.05) is 6.07 Å². The second-order valence-corrected chi connectivity index (χ2v) is 7.15. The second kappa shape index (κ2) is 7.36. The fourth-order valence-electron chi connectivity index (χ4n) is 3.82. The number of hydrogen-bond acceptors (Lipinski definition) is 7. The standard InChI is InChI=1S/C20H17ClFN5O2/c1-9-17-15(26-20(23)25-9)5-10(6-16(17)28)12-4-3-11(22)7-13(12)14-8-24-19(21)27-18(14)29-2/h3-4,7-8,10H,5-6H2,1-2H3,(H2,23,25,26). The average Bonchev–Trinajstić information content (AvgIpc) is 2.66. The zero-order valence-electron chi connectivity index (χ0n) is 15.7. The van der Waals surface area contributed by atoms with E-state index in [1.54, 1.807) is 13.0 Å². The number of ketones is 1. The lowest BCUT2D eigenvalue weighted by Crippen LogP contribution is -2.23. The van der Waals surface area contributed by atoms with E-state index < -0.39 is 5.82 Å². The molecule has 1 aromatic carbocycles. The van der Waals surface area contributed by atoms with Crippen LogP contribution < -0.4 is 10.5 Å². The van der Waals surface area contributed by atoms with Gasteiger partial charge in [-0.3, -0.25) is 4.79 Å². The van der Waals surface area contributed by atoms with Crippen LogP contribution in [0.5, 0.6) is 5.88 Å². The number of methoxy groups -OCH3 is 1. The molecule has 0 bridgehead atoms. The lowest BCUT2D eigenvalue weighted by molar-refractivity contribution is 0.0962. The number of ether oxygens (including phenoxy) is 1. The van der Waals surface area contributed by atoms with E-state index in [4.69, 9.17) is 22.1 Å². The van der Waals surface area contributed by atoms with Crippen molar-refractivity contribution in [3.05, 3.63) is 58.0 Å². The molecule has 1 aliphatic carbocycles. The Labute approximate surface area is 171 Å². The highest BCUT2D eigenvalue weighted by Gasteiger charge is 2.31. The Balaban J connectivity index is 1.84. The van der Waals surface area contributed by atoms with Gasteiger partial charge in [-0.2, -0.15) is 4.98 Å². The minimum atomic E-state index is -0.425. The Morgan fingerprint density at radius 2 is 2.00 bits per heavy atom. The van der Waals surface area contributed by atoms with E-state index in [0.29, 0.717) is 34.5 Å². The van der Waals surface area contributed by atoms with E-state index >= 15 is 0 Å². The highest BCUT2D eigenvalue weighted by atomic mass is 35.5. The number of nitrogens with two attached hydrogens (primary N) is 1. The normalized spacial score (nSPS) is 15.9. The van der Waals surface area contributed by atoms with Gasteiger partial charge in [-0.25, -0.2) is 19.3 Å². The Kier molecular flexibility index (Phi) is 4.87. The van der Waals surface area contributed by atoms with Crippen LogP contribution in [0.1, 0.15) is 39.6 Å². The number of anilines is 1. The predicted octanol–water partition coefficient (Wildman–Crippen LogP) is 3.54. The predicted molar refractivity (Wildman–Crippen MR) is 106 cm³/mol. The van der Waals surface area contributed by atoms with Crippen molar-refractivity contribution in [2.45, 2.75) is 25.7 Å². The van der Waals surface area contributed by atoms with Gasteiger partial charge in [0, 0.05) is 12.6 Å². The quantitative estimate of drug-likeness (QED) is 0.655. The average molecular weight is 414 g/mol. The summed E-state index contributed by atoms with van der Waals surface area (Å²) in [6.45, 7) is 1.74. The first kappa shape index (κ1) is 19.2. The third-order valence-electron chi connectivity index (χ3n) is 5.00. The number of carbonyl (C=O) groups is 1. The highest BCUT2D eigenvalue weighted by Crippen LogP contribution is 2.40. The smallest absolute Gasteiger partial charge is 0.225 e. The summed E-state index contributed by atoms with van der Waals surface area (Å²) in [5.41, 5.74) is 9.27. The molecule has 0 saturated carbocycles. The van der Waals surface area contributed by atoms with Gasteiger partial charge in [0.2, 0.25) is 17.1 Å². The van der Waals surface area contributed by atoms with Crippen LogP contribution in [0.15, 0.2) is 24.4 Å². The molecule has 0 aliphatic heterocycles. The van der Waals surface area contributed by atoms with Crippen molar-refractivity contribution in [3.63, 3.8) is 0 Å². The number of rotatable bonds is 3. The zero-order chi connectivity index (χ0) is 20.7. The first-order valence-corrected chi connectivity index (χ1v) is 9.27. The number of carbonyl (C=O) groups excluding carboxylic acids is 1. The van der Waals surface area contributed by atoms with Crippen molar-refractivity contribution in [2.24, 2.45) is 0 Å². The van der Waals surface area contributed by atoms with Crippen molar-refractivity contribution in [1.29, 1.82) is 0 Å². The fourth-order valence-corrected chi connectivity index (χ4v) is 3.95. The van der Waals surface area contributed by atoms with Crippen LogP contribution in [-0.4, -0.2) is 32.8 Å². The van der Waals surface area contributed by atoms with Crippen molar-refractivity contribution >= 4 is 23.3 Å². The number of aromatic nitrogens is 4. The molecule has 2 N–H and O–H groups in total. The van der Waals surface area contributed by atoms with Gasteiger partial charge in [-0.15, -0.1) is 0 Å². The molecular formula is C20H17ClFN5O2. The lowest BCUT2D eigenvalue weighted by atomic mass is 9.79. The summed E-state index contributed by atoms with van der Waals surface area (Å²) in [4.78, 5) is 29.3. The molecule has 0 saturated heterocycles. The van der Waals surface area contributed by atoms with Gasteiger partial charge in [0.1, 0.15) is 5.82 Å². The summed E-state index contributed by atoms with van der Waals surface area (Å²) in [5.74, 6) is -0.364. The van der Waals surface area contributed by atoms with Crippen LogP contribution in [0.3, 0.4) is 0 Å². The maximum atomic E-state index is 14.1. The summed E-state index contributed by atoms with van der Waals surface area (Å²) in [6.07, 6.45) is 2.20. The number of nitrogens with zero attached hydrogens (tertiary/aromatic N) is 4. The van der Waals surface area contributed by atoms with Crippen molar-refractivity contribution in [3.8, 4) is 17.0 Å². The molecule has 0 spiro atoms. The molecular weight excluding hydrogens is 397 g/mol. The minimum absolute atomic E-state index is 0.0213. The fraction of sp³-hybridized carbons (Fsp3) is 0.250. The van der Waals surface area contributed by atoms with E-state index in [0.717, 1.165) is 5.56 Å². The maximum Gasteiger partial charge on any atom is 0.225 e. The summed E-state index contributed by atoms with van der Waals surface area (Å²) >= 11 is 5.86. The van der Waals surface area contributed by atoms with Crippen molar-refractivity contribution < 1.29 is 13.9 Å². The molecule has 1 aliphatic rings. The molecule has 2 aromatic heterocycles. The van der Waals surface area contributed by atoms with E-state index in [2.05, 4.69) is 19.9 Å². The van der Waals surface area contributed by atoms with E-state index in [1.165, 1.54) is 25.4 Å². The molecule has 148 valence electrons. The third-order valence-corrected chi connectivity index (χ3v) is 5.18. The molecule has 4 rings (SSSR count). The topological polar surface area (TPSA) is 104 Å². The van der Waals surface area contributed by atoms with Gasteiger partial charge >= 0.3 is 0 Å². The summed E-state index contributed by atoms with van der Waals surface area (Å²) in [6, 6.07) is 4.41. The van der Waals surface area contributed by atoms with Crippen LogP contribution >= 0.6 is 11.6 Å². The molecule has 0 amide bonds. The summed E-state index contributed by atoms with van der Waals surface area (Å²) < 4.78 is 19.4. The van der Waals surface area contributed by atoms with Crippen molar-refractivity contribution in [1.82, 2.24) is 19.9 Å². The molecule has 0 fully saturated rings. The van der Waals surface area contributed by atoms with Gasteiger partial charge in [0.25, 0.3) is 0 Å². The Morgan fingerprint density at radius 1 is 1.21 bits per heavy atom. The number of hydrogen-bond donors (Lipinski definition) is 1. The van der Waals surface area contributed by atoms with Gasteiger partial charge in [0.15, 0.2) is 5.78 Å². The lowest BCUT2D eigenvalue weighted by Gasteiger charge is -2.26. The summed E-state index contributed by atoms with van der Waals surface area (Å²) in [5, 5.41) is 0.0213. The number of aryl methyl sites for hydroxylation is 1. The van der Waals surface area contributed by atoms with E-state index in [1.807, 2.05) is 0 Å². The second-order valence-electron chi connectivity index (χ2n) is 6.81. The molecule has 3 aromatic rings. The molecule has 1 atom stereocenters. The molecule has 1 unspecified atom stereocenters. The van der Waals surface area contributed by atoms with E-state index in [9.17, 15) is 9.18 Å². The van der Waals surface area contributed by atoms with Crippen LogP contribution in [0.2, 0.25) is 5.28 Å². The van der Waals surface area contributed by atoms with Crippen LogP contribution in [-0.2, 0) is 6.42 Å². The molecule has 29 heavy (non-hydrogen) atoms. The van der Waals surface area contributed by atoms with Gasteiger partial charge in [0.05, 0.1) is 29.6 Å². The highest BCUT2D eigenvalue weighted by molar-refractivity contribution is 6.28. The molecule has 7 nitrogen and oxygen atoms in total. The first-order valence-electron chi connectivity index (χ1n) is 8.90. The van der Waals surface area contributed by atoms with Crippen LogP contribution in [0.25, 0.3) is 11.1 Å². The largest absolute Gasteiger partial charge is 0.480 e. The minimum Gasteiger partial charge on any atom is -0.480 e. The Hall–Kier alpha value is -3.13. The van der Waals surface area contributed by atoms with E-state index in [-0.39, 0.29) is 35.2 Å². The number of Topliss-reactive ketones (excluding diaryl/α,β-unsaturated/α-hetero) is 1. The Bertz CT molecular complexity index is 1140. The first-order chi connectivity index (χ1) is 13.9. The Morgan fingerprint density at radius 3 is 2.76 bits per heavy atom. The van der Waals surface area contributed by atoms with Crippen LogP contribution in [0, 0.1) is 12.7 Å². The van der Waals surface area contributed by atoms with Gasteiger partial charge in [-0.05, 0) is 54.1 Å². The van der Waals surface area contributed by atoms with Crippen LogP contribution in [0.4, 0.5) is 10.3 Å². The van der Waals surface area contributed by atoms with Crippen molar-refractivity contribution in [2.75, 3.05) is 12.8 Å². The monoisotopic (exact) mass is 413 g/mol. The number of nitrogen functional groups attached to an aromatic ring is 1. The molecule has 2 heterocycles.